The second-order valence-corrected chi connectivity index (χ2v) is 0.729. The van der Waals surface area contributed by atoms with Crippen molar-refractivity contribution in [2.75, 3.05) is 0 Å². The van der Waals surface area contributed by atoms with Gasteiger partial charge in [-0.2, -0.15) is 0 Å². The Morgan fingerprint density at radius 2 is 2.00 bits per heavy atom. The van der Waals surface area contributed by atoms with E-state index in [2.05, 4.69) is 0 Å². The van der Waals surface area contributed by atoms with Gasteiger partial charge in [-0.05, 0) is 0 Å². The molecular weight excluding hydrogens is 66.8 g/mol. The Bertz CT molecular complexity index is 58.7. The summed E-state index contributed by atoms with van der Waals surface area (Å²) in [5.74, 6) is 0. The summed E-state index contributed by atoms with van der Waals surface area (Å²) in [5, 5.41) is 0. The predicted molar refractivity (Wildman–Crippen MR) is 17.1 cm³/mol. The van der Waals surface area contributed by atoms with E-state index in [-0.39, 0.29) is 7.15 Å². The van der Waals surface area contributed by atoms with Crippen molar-refractivity contribution < 1.29 is 9.50 Å². The van der Waals surface area contributed by atoms with Crippen LogP contribution >= 0.6 is 0 Å². The average molecular weight is 69.9 g/mol. The Hall–Kier alpha value is -0.465. The van der Waals surface area contributed by atoms with Gasteiger partial charge in [0, 0.05) is 0 Å². The Morgan fingerprint density at radius 3 is 2.00 bits per heavy atom. The first-order valence-corrected chi connectivity index (χ1v) is 1.23. The number of rotatable bonds is 1. The van der Waals surface area contributed by atoms with E-state index in [1.165, 1.54) is 6.92 Å². The normalized spacial score (nSPS) is 5.80. The molecule has 0 radical (unpaired) electrons. The van der Waals surface area contributed by atoms with Crippen molar-refractivity contribution in [3.05, 3.63) is 0 Å². The van der Waals surface area contributed by atoms with Crippen molar-refractivity contribution in [2.24, 2.45) is 0 Å². The Kier molecular flexibility index (Phi) is 1.65. The second-order valence-electron chi connectivity index (χ2n) is 0.729. The van der Waals surface area contributed by atoms with Crippen molar-refractivity contribution >= 4 is 12.8 Å². The molecule has 0 atom stereocenters. The fraction of sp³-hybridized carbons (Fsp3) is 0.500. The van der Waals surface area contributed by atoms with E-state index in [1.807, 2.05) is 0 Å². The van der Waals surface area contributed by atoms with Crippen LogP contribution in [0.25, 0.3) is 0 Å². The maximum absolute atomic E-state index is 9.44. The molecule has 0 aliphatic rings. The summed E-state index contributed by atoms with van der Waals surface area (Å²) < 4.78 is 9.16. The van der Waals surface area contributed by atoms with E-state index in [9.17, 15) is 4.79 Å². The molecule has 0 saturated carbocycles. The summed E-state index contributed by atoms with van der Waals surface area (Å²) in [5.41, 5.74) is -0.426. The van der Waals surface area contributed by atoms with Crippen LogP contribution in [0.2, 0.25) is 0 Å². The van der Waals surface area contributed by atoms with Crippen LogP contribution in [-0.2, 0) is 9.50 Å². The zero-order valence-corrected chi connectivity index (χ0v) is 2.89. The number of carbonyl (C=O) groups is 1. The van der Waals surface area contributed by atoms with Crippen molar-refractivity contribution in [2.45, 2.75) is 6.92 Å². The first kappa shape index (κ1) is 4.53. The predicted octanol–water partition coefficient (Wildman–Crippen LogP) is -0.417. The van der Waals surface area contributed by atoms with Crippen LogP contribution < -0.4 is 0 Å². The Morgan fingerprint density at radius 1 is 1.80 bits per heavy atom. The van der Waals surface area contributed by atoms with Gasteiger partial charge in [-0.15, -0.1) is 0 Å². The molecule has 0 saturated heterocycles. The summed E-state index contributed by atoms with van der Waals surface area (Å²) in [4.78, 5) is 9.44. The van der Waals surface area contributed by atoms with E-state index in [0.717, 1.165) is 0 Å². The molecule has 2 nitrogen and oxygen atoms in total. The fourth-order valence-corrected chi connectivity index (χ4v) is 0. The summed E-state index contributed by atoms with van der Waals surface area (Å²) in [7, 11) is 0.278. The number of hydrogen-bond donors (Lipinski definition) is 0. The third-order valence-corrected chi connectivity index (χ3v) is 0.166. The van der Waals surface area contributed by atoms with Gasteiger partial charge in [-0.1, -0.05) is 0 Å². The second kappa shape index (κ2) is 1.82. The molecule has 0 aliphatic carbocycles. The average Bonchev–Trinajstić information content (AvgIpc) is 1.38. The molecule has 3 heteroatoms. The molecule has 5 heavy (non-hydrogen) atoms. The van der Waals surface area contributed by atoms with Crippen molar-refractivity contribution in [3.8, 4) is 0 Å². The van der Waals surface area contributed by atoms with Crippen molar-refractivity contribution in [1.29, 1.82) is 0 Å². The van der Waals surface area contributed by atoms with E-state index in [0.29, 0.717) is 0 Å². The standard InChI is InChI=1S/C2H3BO2/c1-2(4)3-5/h1H3. The van der Waals surface area contributed by atoms with Gasteiger partial charge in [0.1, 0.15) is 0 Å². The molecule has 0 bridgehead atoms. The number of hydrogen-bond acceptors (Lipinski definition) is 2. The first-order chi connectivity index (χ1) is 2.27. The third kappa shape index (κ3) is 3.53. The zero-order valence-electron chi connectivity index (χ0n) is 2.89. The third-order valence-electron chi connectivity index (χ3n) is 0.166. The summed E-state index contributed by atoms with van der Waals surface area (Å²) in [6, 6.07) is 0. The maximum atomic E-state index is 9.44. The van der Waals surface area contributed by atoms with Crippen LogP contribution in [0.4, 0.5) is 0 Å². The molecule has 26 valence electrons. The summed E-state index contributed by atoms with van der Waals surface area (Å²) >= 11 is 0. The number of carbonyl (C=O) groups excluding carboxylic acids is 1. The summed E-state index contributed by atoms with van der Waals surface area (Å²) in [6.45, 7) is 1.22. The monoisotopic (exact) mass is 70.0 g/mol. The van der Waals surface area contributed by atoms with Gasteiger partial charge in [0.25, 0.3) is 0 Å². The molecule has 0 fully saturated rings. The van der Waals surface area contributed by atoms with Crippen LogP contribution in [-0.4, -0.2) is 12.8 Å². The first-order valence-electron chi connectivity index (χ1n) is 1.23. The van der Waals surface area contributed by atoms with E-state index < -0.39 is 5.68 Å². The van der Waals surface area contributed by atoms with E-state index in [4.69, 9.17) is 4.70 Å². The van der Waals surface area contributed by atoms with Crippen molar-refractivity contribution in [3.63, 3.8) is 0 Å². The van der Waals surface area contributed by atoms with Crippen LogP contribution in [0.3, 0.4) is 0 Å². The van der Waals surface area contributed by atoms with Crippen LogP contribution in [0.15, 0.2) is 0 Å². The van der Waals surface area contributed by atoms with Crippen LogP contribution in [0.1, 0.15) is 6.92 Å². The molecular formula is C2H3BO2. The van der Waals surface area contributed by atoms with Gasteiger partial charge in [-0.3, -0.25) is 0 Å². The Balaban J connectivity index is 3.20. The van der Waals surface area contributed by atoms with Gasteiger partial charge in [0.2, 0.25) is 0 Å². The Labute approximate surface area is 30.4 Å². The van der Waals surface area contributed by atoms with E-state index >= 15 is 0 Å². The topological polar surface area (TPSA) is 34.1 Å². The molecule has 0 aromatic heterocycles. The zero-order chi connectivity index (χ0) is 4.28. The molecule has 0 aliphatic heterocycles. The molecule has 0 heterocycles. The van der Waals surface area contributed by atoms with Crippen LogP contribution in [0, 0.1) is 0 Å². The van der Waals surface area contributed by atoms with Crippen molar-refractivity contribution in [1.82, 2.24) is 0 Å². The molecule has 0 aromatic carbocycles. The minimum absolute atomic E-state index is 0.278. The minimum atomic E-state index is -0.426. The molecule has 0 aromatic rings. The fourth-order valence-electron chi connectivity index (χ4n) is 0. The van der Waals surface area contributed by atoms with Gasteiger partial charge in [-0.25, -0.2) is 0 Å². The molecule has 0 rings (SSSR count). The molecule has 0 spiro atoms. The molecule has 0 N–H and O–H groups in total. The van der Waals surface area contributed by atoms with E-state index in [1.54, 1.807) is 0 Å². The van der Waals surface area contributed by atoms with Gasteiger partial charge < -0.3 is 0 Å². The SMILES string of the molecule is CC(=O)B=O. The molecule has 0 amide bonds. The van der Waals surface area contributed by atoms with Gasteiger partial charge in [0.05, 0.1) is 0 Å². The van der Waals surface area contributed by atoms with Gasteiger partial charge >= 0.3 is 29.3 Å². The quantitative estimate of drug-likeness (QED) is 0.392. The summed E-state index contributed by atoms with van der Waals surface area (Å²) in [6.07, 6.45) is 0. The van der Waals surface area contributed by atoms with Crippen LogP contribution in [0.5, 0.6) is 0 Å². The van der Waals surface area contributed by atoms with Gasteiger partial charge in [0.15, 0.2) is 0 Å². The molecule has 0 unspecified atom stereocenters.